The van der Waals surface area contributed by atoms with E-state index >= 15 is 0 Å². The van der Waals surface area contributed by atoms with Crippen molar-refractivity contribution >= 4 is 64.9 Å². The maximum atomic E-state index is 6.16. The van der Waals surface area contributed by atoms with Crippen LogP contribution in [0.3, 0.4) is 0 Å². The van der Waals surface area contributed by atoms with E-state index in [1.54, 1.807) is 17.7 Å². The largest absolute Gasteiger partial charge is 0.438 e. The highest BCUT2D eigenvalue weighted by Crippen LogP contribution is 2.43. The first-order valence-corrected chi connectivity index (χ1v) is 11.7. The smallest absolute Gasteiger partial charge is 0.231 e. The number of furan rings is 1. The number of rotatable bonds is 1. The topological polar surface area (TPSA) is 38.9 Å². The summed E-state index contributed by atoms with van der Waals surface area (Å²) in [5.74, 6) is 0. The predicted molar refractivity (Wildman–Crippen MR) is 129 cm³/mol. The van der Waals surface area contributed by atoms with Crippen LogP contribution in [0.4, 0.5) is 0 Å². The van der Waals surface area contributed by atoms with Crippen molar-refractivity contribution in [1.82, 2.24) is 9.97 Å². The molecule has 2 aromatic carbocycles. The Morgan fingerprint density at radius 3 is 2.63 bits per heavy atom. The fraction of sp³-hybridized carbons (Fsp3) is 0.200. The lowest BCUT2D eigenvalue weighted by Gasteiger charge is -2.21. The Balaban J connectivity index is 1.76. The van der Waals surface area contributed by atoms with Gasteiger partial charge in [0, 0.05) is 20.3 Å². The molecule has 0 spiro atoms. The maximum absolute atomic E-state index is 6.16. The molecule has 0 bridgehead atoms. The number of aryl methyl sites for hydroxylation is 1. The average Bonchev–Trinajstić information content (AvgIpc) is 3.42. The zero-order valence-electron chi connectivity index (χ0n) is 17.2. The Bertz CT molecular complexity index is 1590. The molecule has 0 unspecified atom stereocenters. The molecule has 0 radical (unpaired) electrons. The van der Waals surface area contributed by atoms with Gasteiger partial charge in [-0.15, -0.1) is 22.7 Å². The van der Waals surface area contributed by atoms with Crippen LogP contribution in [0.15, 0.2) is 51.8 Å². The minimum Gasteiger partial charge on any atom is -0.438 e. The van der Waals surface area contributed by atoms with E-state index in [1.807, 2.05) is 11.3 Å². The van der Waals surface area contributed by atoms with Crippen molar-refractivity contribution in [1.29, 1.82) is 0 Å². The summed E-state index contributed by atoms with van der Waals surface area (Å²) in [6, 6.07) is 11.0. The highest BCUT2D eigenvalue weighted by Gasteiger charge is 2.22. The first kappa shape index (κ1) is 18.0. The van der Waals surface area contributed by atoms with Gasteiger partial charge < -0.3 is 4.42 Å². The summed E-state index contributed by atoms with van der Waals surface area (Å²) in [6.45, 7) is 8.97. The fourth-order valence-electron chi connectivity index (χ4n) is 4.30. The van der Waals surface area contributed by atoms with Gasteiger partial charge in [0.05, 0.1) is 11.1 Å². The first-order valence-electron chi connectivity index (χ1n) is 9.98. The quantitative estimate of drug-likeness (QED) is 0.266. The monoisotopic (exact) mass is 428 g/mol. The molecule has 30 heavy (non-hydrogen) atoms. The molecule has 5 heteroatoms. The van der Waals surface area contributed by atoms with Gasteiger partial charge in [0.25, 0.3) is 0 Å². The Kier molecular flexibility index (Phi) is 3.68. The predicted octanol–water partition coefficient (Wildman–Crippen LogP) is 8.08. The number of fused-ring (bicyclic) bond motifs is 6. The van der Waals surface area contributed by atoms with Crippen LogP contribution in [-0.2, 0) is 5.41 Å². The number of nitrogens with zero attached hydrogens (tertiary/aromatic N) is 2. The van der Waals surface area contributed by atoms with Crippen LogP contribution in [-0.4, -0.2) is 9.97 Å². The second kappa shape index (κ2) is 6.13. The summed E-state index contributed by atoms with van der Waals surface area (Å²) >= 11 is 3.57. The Labute approximate surface area is 182 Å². The van der Waals surface area contributed by atoms with Crippen LogP contribution in [0.5, 0.6) is 0 Å². The molecule has 0 atom stereocenters. The van der Waals surface area contributed by atoms with E-state index in [0.717, 1.165) is 27.6 Å². The van der Waals surface area contributed by atoms with Gasteiger partial charge in [-0.1, -0.05) is 20.8 Å². The minimum absolute atomic E-state index is 0.0435. The van der Waals surface area contributed by atoms with Crippen molar-refractivity contribution < 1.29 is 4.42 Å². The van der Waals surface area contributed by atoms with Crippen molar-refractivity contribution in [2.75, 3.05) is 0 Å². The SMILES string of the molecule is Cc1csc2c1ccc1oc3ncnc(-c4cc(C(C)(C)C)c5sccc5c4)c3c12. The minimum atomic E-state index is 0.0435. The van der Waals surface area contributed by atoms with Gasteiger partial charge in [-0.25, -0.2) is 9.97 Å². The lowest BCUT2D eigenvalue weighted by atomic mass is 9.85. The zero-order chi connectivity index (χ0) is 20.6. The summed E-state index contributed by atoms with van der Waals surface area (Å²) in [4.78, 5) is 9.23. The average molecular weight is 429 g/mol. The van der Waals surface area contributed by atoms with Gasteiger partial charge in [0.15, 0.2) is 0 Å². The molecule has 0 aliphatic heterocycles. The van der Waals surface area contributed by atoms with Gasteiger partial charge in [0.1, 0.15) is 11.9 Å². The van der Waals surface area contributed by atoms with E-state index in [0.29, 0.717) is 5.71 Å². The zero-order valence-corrected chi connectivity index (χ0v) is 18.9. The summed E-state index contributed by atoms with van der Waals surface area (Å²) in [5.41, 5.74) is 6.26. The van der Waals surface area contributed by atoms with E-state index in [-0.39, 0.29) is 5.41 Å². The third-order valence-corrected chi connectivity index (χ3v) is 7.89. The molecule has 0 saturated heterocycles. The molecular weight excluding hydrogens is 408 g/mol. The lowest BCUT2D eigenvalue weighted by molar-refractivity contribution is 0.597. The number of benzene rings is 2. The van der Waals surface area contributed by atoms with Crippen molar-refractivity contribution in [3.05, 3.63) is 58.5 Å². The molecule has 0 aliphatic carbocycles. The molecule has 0 fully saturated rings. The number of thiophene rings is 2. The lowest BCUT2D eigenvalue weighted by Crippen LogP contribution is -2.11. The third kappa shape index (κ3) is 2.49. The van der Waals surface area contributed by atoms with Crippen molar-refractivity contribution in [3.63, 3.8) is 0 Å². The van der Waals surface area contributed by atoms with Crippen LogP contribution in [0.1, 0.15) is 31.9 Å². The van der Waals surface area contributed by atoms with E-state index in [9.17, 15) is 0 Å². The molecule has 6 rings (SSSR count). The summed E-state index contributed by atoms with van der Waals surface area (Å²) in [7, 11) is 0. The van der Waals surface area contributed by atoms with Gasteiger partial charge in [-0.2, -0.15) is 0 Å². The van der Waals surface area contributed by atoms with Crippen molar-refractivity contribution in [3.8, 4) is 11.3 Å². The van der Waals surface area contributed by atoms with E-state index < -0.39 is 0 Å². The highest BCUT2D eigenvalue weighted by atomic mass is 32.1. The molecule has 6 aromatic rings. The second-order valence-corrected chi connectivity index (χ2v) is 10.6. The van der Waals surface area contributed by atoms with Crippen molar-refractivity contribution in [2.24, 2.45) is 0 Å². The van der Waals surface area contributed by atoms with E-state index in [4.69, 9.17) is 9.40 Å². The Morgan fingerprint density at radius 2 is 1.80 bits per heavy atom. The molecule has 0 saturated carbocycles. The van der Waals surface area contributed by atoms with Gasteiger partial charge >= 0.3 is 0 Å². The molecule has 0 amide bonds. The molecule has 148 valence electrons. The molecule has 0 N–H and O–H groups in total. The van der Waals surface area contributed by atoms with Crippen LogP contribution in [0, 0.1) is 6.92 Å². The standard InChI is InChI=1S/C25H20N2OS2/c1-13-11-30-23-16(13)5-6-18-19(23)20-21(26-12-27-24(20)28-18)15-9-14-7-8-29-22(14)17(10-15)25(2,3)4/h5-12H,1-4H3. The van der Waals surface area contributed by atoms with Crippen LogP contribution in [0.2, 0.25) is 0 Å². The van der Waals surface area contributed by atoms with Crippen LogP contribution in [0.25, 0.3) is 53.5 Å². The second-order valence-electron chi connectivity index (χ2n) is 8.85. The van der Waals surface area contributed by atoms with Crippen LogP contribution < -0.4 is 0 Å². The molecule has 0 aliphatic rings. The molecular formula is C25H20N2OS2. The normalized spacial score (nSPS) is 12.7. The first-order chi connectivity index (χ1) is 14.4. The third-order valence-electron chi connectivity index (χ3n) is 5.80. The van der Waals surface area contributed by atoms with E-state index in [2.05, 4.69) is 73.8 Å². The summed E-state index contributed by atoms with van der Waals surface area (Å²) in [5, 5.41) is 9.05. The number of hydrogen-bond donors (Lipinski definition) is 0. The molecule has 4 aromatic heterocycles. The molecule has 4 heterocycles. The Hall–Kier alpha value is -2.76. The summed E-state index contributed by atoms with van der Waals surface area (Å²) < 4.78 is 8.75. The van der Waals surface area contributed by atoms with Crippen LogP contribution >= 0.6 is 22.7 Å². The molecule has 3 nitrogen and oxygen atoms in total. The van der Waals surface area contributed by atoms with Gasteiger partial charge in [-0.3, -0.25) is 0 Å². The van der Waals surface area contributed by atoms with E-state index in [1.165, 1.54) is 31.3 Å². The van der Waals surface area contributed by atoms with Gasteiger partial charge in [-0.05, 0) is 75.3 Å². The maximum Gasteiger partial charge on any atom is 0.231 e. The van der Waals surface area contributed by atoms with Crippen molar-refractivity contribution in [2.45, 2.75) is 33.1 Å². The van der Waals surface area contributed by atoms with Gasteiger partial charge in [0.2, 0.25) is 5.71 Å². The fourth-order valence-corrected chi connectivity index (χ4v) is 6.51. The number of hydrogen-bond acceptors (Lipinski definition) is 5. The number of aromatic nitrogens is 2. The highest BCUT2D eigenvalue weighted by molar-refractivity contribution is 7.18. The Morgan fingerprint density at radius 1 is 0.933 bits per heavy atom. The summed E-state index contributed by atoms with van der Waals surface area (Å²) in [6.07, 6.45) is 1.62.